The van der Waals surface area contributed by atoms with Gasteiger partial charge in [0.25, 0.3) is 0 Å². The van der Waals surface area contributed by atoms with Crippen LogP contribution in [0, 0.1) is 12.3 Å². The standard InChI is InChI=1S/C37H60N6O8S/c1-4-5-7-31(42-33(44)23-51-26-37(3,24-49-20-18-47-16-13-38)25-50-21-19-48-17-14-39)36(46)43-15-6-8-32(43)35(45)40-22-29-9-11-30(12-10-29)34-28(2)41-27-52-34/h9-12,27,31-32H,4-8,13-26,38-39H2,1-3H3,(H,40,45)(H,42,44). The Kier molecular flexibility index (Phi) is 20.3. The van der Waals surface area contributed by atoms with E-state index < -0.39 is 23.4 Å². The number of likely N-dealkylation sites (tertiary alicyclic amines) is 1. The van der Waals surface area contributed by atoms with E-state index in [0.717, 1.165) is 34.5 Å². The summed E-state index contributed by atoms with van der Waals surface area (Å²) in [7, 11) is 0. The fourth-order valence-corrected chi connectivity index (χ4v) is 6.64. The Morgan fingerprint density at radius 3 is 2.19 bits per heavy atom. The van der Waals surface area contributed by atoms with E-state index in [2.05, 4.69) is 15.6 Å². The molecule has 292 valence electrons. The van der Waals surface area contributed by atoms with Crippen LogP contribution in [0.1, 0.15) is 57.2 Å². The van der Waals surface area contributed by atoms with Crippen molar-refractivity contribution in [2.24, 2.45) is 16.9 Å². The van der Waals surface area contributed by atoms with E-state index in [-0.39, 0.29) is 25.0 Å². The lowest BCUT2D eigenvalue weighted by Gasteiger charge is -2.30. The number of unbranched alkanes of at least 4 members (excludes halogenated alkanes) is 1. The van der Waals surface area contributed by atoms with Gasteiger partial charge in [0.05, 0.1) is 75.5 Å². The van der Waals surface area contributed by atoms with Crippen molar-refractivity contribution in [1.29, 1.82) is 0 Å². The highest BCUT2D eigenvalue weighted by Gasteiger charge is 2.37. The number of aromatic nitrogens is 1. The molecule has 1 aliphatic heterocycles. The highest BCUT2D eigenvalue weighted by atomic mass is 32.1. The molecule has 0 aliphatic carbocycles. The van der Waals surface area contributed by atoms with Gasteiger partial charge in [-0.05, 0) is 37.3 Å². The molecule has 1 aromatic heterocycles. The molecule has 1 saturated heterocycles. The molecule has 1 aliphatic rings. The van der Waals surface area contributed by atoms with Crippen LogP contribution in [0.15, 0.2) is 29.8 Å². The van der Waals surface area contributed by atoms with E-state index in [9.17, 15) is 14.4 Å². The zero-order valence-electron chi connectivity index (χ0n) is 31.2. The summed E-state index contributed by atoms with van der Waals surface area (Å²) >= 11 is 1.60. The molecule has 52 heavy (non-hydrogen) atoms. The molecule has 0 saturated carbocycles. The summed E-state index contributed by atoms with van der Waals surface area (Å²) in [4.78, 5) is 47.4. The molecule has 0 bridgehead atoms. The molecule has 2 unspecified atom stereocenters. The Morgan fingerprint density at radius 1 is 0.962 bits per heavy atom. The van der Waals surface area contributed by atoms with Crippen LogP contribution in [0.4, 0.5) is 0 Å². The van der Waals surface area contributed by atoms with Crippen molar-refractivity contribution in [2.75, 3.05) is 85.7 Å². The summed E-state index contributed by atoms with van der Waals surface area (Å²) in [6, 6.07) is 6.70. The van der Waals surface area contributed by atoms with Crippen LogP contribution >= 0.6 is 11.3 Å². The van der Waals surface area contributed by atoms with Crippen molar-refractivity contribution >= 4 is 29.1 Å². The molecular weight excluding hydrogens is 689 g/mol. The zero-order valence-corrected chi connectivity index (χ0v) is 32.0. The van der Waals surface area contributed by atoms with Crippen molar-refractivity contribution < 1.29 is 38.1 Å². The number of carbonyl (C=O) groups is 3. The maximum atomic E-state index is 13.8. The lowest BCUT2D eigenvalue weighted by molar-refractivity contribution is -0.142. The highest BCUT2D eigenvalue weighted by molar-refractivity contribution is 7.13. The molecular formula is C37H60N6O8S. The van der Waals surface area contributed by atoms with Gasteiger partial charge < -0.3 is 50.7 Å². The predicted octanol–water partition coefficient (Wildman–Crippen LogP) is 2.41. The number of ether oxygens (including phenoxy) is 5. The van der Waals surface area contributed by atoms with Crippen LogP contribution in [0.2, 0.25) is 0 Å². The van der Waals surface area contributed by atoms with E-state index in [0.29, 0.717) is 98.3 Å². The first kappa shape index (κ1) is 43.4. The number of amides is 3. The molecule has 0 radical (unpaired) electrons. The summed E-state index contributed by atoms with van der Waals surface area (Å²) in [5.74, 6) is -0.844. The maximum Gasteiger partial charge on any atom is 0.246 e. The molecule has 2 atom stereocenters. The number of benzene rings is 1. The fraction of sp³-hybridized carbons (Fsp3) is 0.676. The summed E-state index contributed by atoms with van der Waals surface area (Å²) in [5.41, 5.74) is 15.3. The molecule has 2 heterocycles. The van der Waals surface area contributed by atoms with Gasteiger partial charge in [-0.25, -0.2) is 4.98 Å². The second-order valence-electron chi connectivity index (χ2n) is 13.3. The minimum Gasteiger partial charge on any atom is -0.378 e. The molecule has 14 nitrogen and oxygen atoms in total. The summed E-state index contributed by atoms with van der Waals surface area (Å²) in [6.45, 7) is 10.8. The number of thiazole rings is 1. The summed E-state index contributed by atoms with van der Waals surface area (Å²) < 4.78 is 28.3. The van der Waals surface area contributed by atoms with Crippen LogP contribution in [-0.4, -0.2) is 125 Å². The monoisotopic (exact) mass is 748 g/mol. The van der Waals surface area contributed by atoms with Gasteiger partial charge in [-0.3, -0.25) is 14.4 Å². The number of nitrogens with two attached hydrogens (primary N) is 2. The number of hydrogen-bond donors (Lipinski definition) is 4. The van der Waals surface area contributed by atoms with Crippen LogP contribution in [-0.2, 0) is 44.6 Å². The van der Waals surface area contributed by atoms with Crippen LogP contribution in [0.25, 0.3) is 10.4 Å². The first-order valence-electron chi connectivity index (χ1n) is 18.4. The molecule has 3 rings (SSSR count). The lowest BCUT2D eigenvalue weighted by Crippen LogP contribution is -2.54. The van der Waals surface area contributed by atoms with Crippen molar-refractivity contribution in [1.82, 2.24) is 20.5 Å². The van der Waals surface area contributed by atoms with E-state index >= 15 is 0 Å². The normalized spacial score (nSPS) is 15.2. The first-order chi connectivity index (χ1) is 25.2. The van der Waals surface area contributed by atoms with Crippen LogP contribution < -0.4 is 22.1 Å². The van der Waals surface area contributed by atoms with Gasteiger partial charge in [-0.1, -0.05) is 51.0 Å². The number of carbonyl (C=O) groups excluding carboxylic acids is 3. The summed E-state index contributed by atoms with van der Waals surface area (Å²) in [6.07, 6.45) is 3.35. The minimum absolute atomic E-state index is 0.184. The second-order valence-corrected chi connectivity index (χ2v) is 14.2. The highest BCUT2D eigenvalue weighted by Crippen LogP contribution is 2.27. The van der Waals surface area contributed by atoms with Crippen LogP contribution in [0.3, 0.4) is 0 Å². The Bertz CT molecular complexity index is 1310. The predicted molar refractivity (Wildman–Crippen MR) is 201 cm³/mol. The van der Waals surface area contributed by atoms with E-state index in [1.54, 1.807) is 16.2 Å². The zero-order chi connectivity index (χ0) is 37.6. The maximum absolute atomic E-state index is 13.8. The van der Waals surface area contributed by atoms with E-state index in [4.69, 9.17) is 35.2 Å². The van der Waals surface area contributed by atoms with Crippen molar-refractivity contribution in [3.63, 3.8) is 0 Å². The largest absolute Gasteiger partial charge is 0.378 e. The number of nitrogens with one attached hydrogen (secondary N) is 2. The molecule has 0 spiro atoms. The molecule has 1 aromatic carbocycles. The number of hydrogen-bond acceptors (Lipinski definition) is 12. The first-order valence-corrected chi connectivity index (χ1v) is 19.2. The van der Waals surface area contributed by atoms with Crippen molar-refractivity contribution in [3.8, 4) is 10.4 Å². The van der Waals surface area contributed by atoms with Gasteiger partial charge in [0, 0.05) is 31.6 Å². The Labute approximate surface area is 312 Å². The van der Waals surface area contributed by atoms with Gasteiger partial charge in [0.2, 0.25) is 17.7 Å². The van der Waals surface area contributed by atoms with Gasteiger partial charge in [0.1, 0.15) is 18.7 Å². The van der Waals surface area contributed by atoms with E-state index in [1.807, 2.05) is 50.5 Å². The molecule has 3 amide bonds. The molecule has 1 fully saturated rings. The molecule has 2 aromatic rings. The third-order valence-corrected chi connectivity index (χ3v) is 9.58. The number of rotatable bonds is 27. The third kappa shape index (κ3) is 15.1. The summed E-state index contributed by atoms with van der Waals surface area (Å²) in [5, 5.41) is 5.91. The Balaban J connectivity index is 1.51. The average molecular weight is 749 g/mol. The topological polar surface area (TPSA) is 190 Å². The van der Waals surface area contributed by atoms with Gasteiger partial charge in [0.15, 0.2) is 0 Å². The quantitative estimate of drug-likeness (QED) is 0.0983. The fourth-order valence-electron chi connectivity index (χ4n) is 5.82. The van der Waals surface area contributed by atoms with E-state index in [1.165, 1.54) is 0 Å². The van der Waals surface area contributed by atoms with Gasteiger partial charge >= 0.3 is 0 Å². The Morgan fingerprint density at radius 2 is 1.60 bits per heavy atom. The molecule has 6 N–H and O–H groups in total. The number of aryl methyl sites for hydroxylation is 1. The minimum atomic E-state index is -0.757. The Hall–Kier alpha value is -3.02. The third-order valence-electron chi connectivity index (χ3n) is 8.60. The van der Waals surface area contributed by atoms with Gasteiger partial charge in [-0.15, -0.1) is 11.3 Å². The second kappa shape index (κ2) is 24.3. The van der Waals surface area contributed by atoms with Gasteiger partial charge in [-0.2, -0.15) is 0 Å². The van der Waals surface area contributed by atoms with Crippen LogP contribution in [0.5, 0.6) is 0 Å². The lowest BCUT2D eigenvalue weighted by atomic mass is 9.94. The molecule has 15 heteroatoms. The average Bonchev–Trinajstić information content (AvgIpc) is 3.81. The van der Waals surface area contributed by atoms with Crippen molar-refractivity contribution in [3.05, 3.63) is 41.0 Å². The smallest absolute Gasteiger partial charge is 0.246 e. The SMILES string of the molecule is CCCCC(NC(=O)COCC(C)(COCCOCCN)COCCOCCN)C(=O)N1CCCC1C(=O)NCc1ccc(-c2scnc2C)cc1. The number of nitrogens with zero attached hydrogens (tertiary/aromatic N) is 2. The van der Waals surface area contributed by atoms with Crippen molar-refractivity contribution in [2.45, 2.75) is 71.5 Å².